The van der Waals surface area contributed by atoms with Gasteiger partial charge in [-0.05, 0) is 43.7 Å². The zero-order chi connectivity index (χ0) is 17.3. The molecule has 1 aliphatic rings. The van der Waals surface area contributed by atoms with E-state index in [0.717, 1.165) is 5.56 Å². The number of rotatable bonds is 2. The lowest BCUT2D eigenvalue weighted by atomic mass is 9.96. The predicted molar refractivity (Wildman–Crippen MR) is 86.6 cm³/mol. The van der Waals surface area contributed by atoms with Gasteiger partial charge in [0.25, 0.3) is 5.91 Å². The van der Waals surface area contributed by atoms with Crippen LogP contribution in [0.2, 0.25) is 0 Å². The number of nitrogens with zero attached hydrogens (tertiary/aromatic N) is 1. The first-order valence-electron chi connectivity index (χ1n) is 7.82. The van der Waals surface area contributed by atoms with Gasteiger partial charge in [-0.15, -0.1) is 0 Å². The highest BCUT2D eigenvalue weighted by Gasteiger charge is 2.39. The Morgan fingerprint density at radius 1 is 1.12 bits per heavy atom. The number of amides is 1. The van der Waals surface area contributed by atoms with Gasteiger partial charge in [0.1, 0.15) is 17.7 Å². The number of morpholine rings is 1. The van der Waals surface area contributed by atoms with Gasteiger partial charge in [-0.25, -0.2) is 8.78 Å². The summed E-state index contributed by atoms with van der Waals surface area (Å²) in [4.78, 5) is 14.5. The van der Waals surface area contributed by atoms with Gasteiger partial charge in [0, 0.05) is 0 Å². The lowest BCUT2D eigenvalue weighted by Crippen LogP contribution is -2.56. The van der Waals surface area contributed by atoms with E-state index in [1.165, 1.54) is 24.3 Å². The molecule has 0 radical (unpaired) electrons. The van der Waals surface area contributed by atoms with Gasteiger partial charge in [-0.2, -0.15) is 0 Å². The van der Waals surface area contributed by atoms with Crippen molar-refractivity contribution in [2.45, 2.75) is 25.5 Å². The third-order valence-corrected chi connectivity index (χ3v) is 4.31. The molecule has 0 spiro atoms. The zero-order valence-corrected chi connectivity index (χ0v) is 13.6. The monoisotopic (exact) mass is 331 g/mol. The number of hydrogen-bond acceptors (Lipinski definition) is 2. The fraction of sp³-hybridized carbons (Fsp3) is 0.316. The molecule has 126 valence electrons. The molecule has 0 bridgehead atoms. The van der Waals surface area contributed by atoms with Crippen LogP contribution in [0.15, 0.2) is 48.5 Å². The first-order chi connectivity index (χ1) is 11.4. The molecule has 0 saturated carbocycles. The maximum absolute atomic E-state index is 14.0. The van der Waals surface area contributed by atoms with E-state index >= 15 is 0 Å². The normalized spacial score (nSPS) is 20.0. The Balaban J connectivity index is 1.88. The van der Waals surface area contributed by atoms with Gasteiger partial charge in [-0.1, -0.05) is 24.3 Å². The lowest BCUT2D eigenvalue weighted by Gasteiger charge is -2.45. The maximum Gasteiger partial charge on any atom is 0.257 e. The summed E-state index contributed by atoms with van der Waals surface area (Å²) in [6.45, 7) is 4.36. The predicted octanol–water partition coefficient (Wildman–Crippen LogP) is 3.96. The maximum atomic E-state index is 14.0. The van der Waals surface area contributed by atoms with Crippen LogP contribution in [0.5, 0.6) is 0 Å². The Hall–Kier alpha value is -2.27. The summed E-state index contributed by atoms with van der Waals surface area (Å²) in [7, 11) is 0. The van der Waals surface area contributed by atoms with Crippen LogP contribution >= 0.6 is 0 Å². The highest BCUT2D eigenvalue weighted by Crippen LogP contribution is 2.31. The smallest absolute Gasteiger partial charge is 0.257 e. The number of ether oxygens (including phenoxy) is 1. The first kappa shape index (κ1) is 16.6. The fourth-order valence-electron chi connectivity index (χ4n) is 2.87. The van der Waals surface area contributed by atoms with Crippen molar-refractivity contribution in [3.63, 3.8) is 0 Å². The van der Waals surface area contributed by atoms with E-state index < -0.39 is 11.4 Å². The van der Waals surface area contributed by atoms with Gasteiger partial charge in [-0.3, -0.25) is 4.79 Å². The molecule has 0 aliphatic carbocycles. The topological polar surface area (TPSA) is 29.5 Å². The molecule has 1 aliphatic heterocycles. The van der Waals surface area contributed by atoms with E-state index in [1.54, 1.807) is 29.2 Å². The minimum atomic E-state index is -0.560. The molecular weight excluding hydrogens is 312 g/mol. The van der Waals surface area contributed by atoms with Crippen molar-refractivity contribution >= 4 is 5.91 Å². The number of carbonyl (C=O) groups excluding carboxylic acids is 1. The van der Waals surface area contributed by atoms with E-state index in [-0.39, 0.29) is 29.9 Å². The third-order valence-electron chi connectivity index (χ3n) is 4.31. The summed E-state index contributed by atoms with van der Waals surface area (Å²) < 4.78 is 32.9. The summed E-state index contributed by atoms with van der Waals surface area (Å²) >= 11 is 0. The average Bonchev–Trinajstić information content (AvgIpc) is 2.55. The van der Waals surface area contributed by atoms with Gasteiger partial charge < -0.3 is 9.64 Å². The van der Waals surface area contributed by atoms with Crippen LogP contribution in [0, 0.1) is 11.6 Å². The second-order valence-corrected chi connectivity index (χ2v) is 6.56. The Morgan fingerprint density at radius 2 is 1.79 bits per heavy atom. The lowest BCUT2D eigenvalue weighted by molar-refractivity contribution is -0.0848. The van der Waals surface area contributed by atoms with E-state index in [9.17, 15) is 13.6 Å². The van der Waals surface area contributed by atoms with Crippen molar-refractivity contribution < 1.29 is 18.3 Å². The molecule has 1 amide bonds. The standard InChI is InChI=1S/C19H19F2NO2/c1-19(2)12-24-17(13-7-9-14(20)10-8-13)11-22(19)18(23)15-5-3-4-6-16(15)21/h3-10,17H,11-12H2,1-2H3. The summed E-state index contributed by atoms with van der Waals surface area (Å²) in [6.07, 6.45) is -0.366. The molecular formula is C19H19F2NO2. The van der Waals surface area contributed by atoms with Crippen LogP contribution in [0.4, 0.5) is 8.78 Å². The van der Waals surface area contributed by atoms with Crippen LogP contribution < -0.4 is 0 Å². The SMILES string of the molecule is CC1(C)COC(c2ccc(F)cc2)CN1C(=O)c1ccccc1F. The summed E-state index contributed by atoms with van der Waals surface area (Å²) in [6, 6.07) is 12.0. The average molecular weight is 331 g/mol. The van der Waals surface area contributed by atoms with Gasteiger partial charge >= 0.3 is 0 Å². The number of halogens is 2. The van der Waals surface area contributed by atoms with Crippen molar-refractivity contribution in [1.82, 2.24) is 4.90 Å². The summed E-state index contributed by atoms with van der Waals surface area (Å²) in [5.41, 5.74) is 0.277. The van der Waals surface area contributed by atoms with Crippen LogP contribution in [0.25, 0.3) is 0 Å². The van der Waals surface area contributed by atoms with Crippen LogP contribution in [0.3, 0.4) is 0 Å². The Kier molecular flexibility index (Phi) is 4.37. The van der Waals surface area contributed by atoms with Crippen LogP contribution in [0.1, 0.15) is 35.9 Å². The van der Waals surface area contributed by atoms with Crippen molar-refractivity contribution in [1.29, 1.82) is 0 Å². The summed E-state index contributed by atoms with van der Waals surface area (Å²) in [5.74, 6) is -1.23. The zero-order valence-electron chi connectivity index (χ0n) is 13.6. The van der Waals surface area contributed by atoms with Crippen molar-refractivity contribution in [3.05, 3.63) is 71.3 Å². The van der Waals surface area contributed by atoms with Crippen molar-refractivity contribution in [2.24, 2.45) is 0 Å². The molecule has 1 saturated heterocycles. The van der Waals surface area contributed by atoms with Gasteiger partial charge in [0.15, 0.2) is 0 Å². The number of carbonyl (C=O) groups is 1. The highest BCUT2D eigenvalue weighted by molar-refractivity contribution is 5.95. The molecule has 1 unspecified atom stereocenters. The molecule has 0 N–H and O–H groups in total. The van der Waals surface area contributed by atoms with Crippen LogP contribution in [-0.4, -0.2) is 29.5 Å². The minimum absolute atomic E-state index is 0.0466. The summed E-state index contributed by atoms with van der Waals surface area (Å²) in [5, 5.41) is 0. The molecule has 3 rings (SSSR count). The number of hydrogen-bond donors (Lipinski definition) is 0. The molecule has 5 heteroatoms. The molecule has 1 fully saturated rings. The quantitative estimate of drug-likeness (QED) is 0.834. The molecule has 1 heterocycles. The highest BCUT2D eigenvalue weighted by atomic mass is 19.1. The van der Waals surface area contributed by atoms with Gasteiger partial charge in [0.05, 0.1) is 24.3 Å². The number of benzene rings is 2. The molecule has 2 aromatic carbocycles. The first-order valence-corrected chi connectivity index (χ1v) is 7.82. The second kappa shape index (κ2) is 6.32. The Morgan fingerprint density at radius 3 is 2.46 bits per heavy atom. The fourth-order valence-corrected chi connectivity index (χ4v) is 2.87. The van der Waals surface area contributed by atoms with Crippen molar-refractivity contribution in [2.75, 3.05) is 13.2 Å². The minimum Gasteiger partial charge on any atom is -0.369 e. The largest absolute Gasteiger partial charge is 0.369 e. The third kappa shape index (κ3) is 3.17. The van der Waals surface area contributed by atoms with Gasteiger partial charge in [0.2, 0.25) is 0 Å². The molecule has 2 aromatic rings. The molecule has 1 atom stereocenters. The van der Waals surface area contributed by atoms with E-state index in [1.807, 2.05) is 13.8 Å². The molecule has 3 nitrogen and oxygen atoms in total. The molecule has 0 aromatic heterocycles. The second-order valence-electron chi connectivity index (χ2n) is 6.56. The van der Waals surface area contributed by atoms with E-state index in [2.05, 4.69) is 0 Å². The van der Waals surface area contributed by atoms with Crippen molar-refractivity contribution in [3.8, 4) is 0 Å². The Labute approximate surface area is 139 Å². The van der Waals surface area contributed by atoms with Crippen LogP contribution in [-0.2, 0) is 4.74 Å². The molecule has 24 heavy (non-hydrogen) atoms. The van der Waals surface area contributed by atoms with E-state index in [0.29, 0.717) is 6.61 Å². The Bertz CT molecular complexity index is 743. The van der Waals surface area contributed by atoms with E-state index in [4.69, 9.17) is 4.74 Å².